The standard InChI is InChI=1S/C14H21N3O3.C7H8O3S/c1-2-20-13(18)7-10-6-12(16-9-10)14(19)17-5-3-4-11(17)8-15;1-6-2-4-7(5-3-6)11(8,9)10/h10-12,16H,2-7,9H2,1H3;2-5H,1H3,(H,8,9,10)/t10-,11+,12+;/m1./s1. The summed E-state index contributed by atoms with van der Waals surface area (Å²) in [5, 5.41) is 12.2. The van der Waals surface area contributed by atoms with Crippen LogP contribution in [-0.2, 0) is 24.4 Å². The summed E-state index contributed by atoms with van der Waals surface area (Å²) in [7, 11) is -4.02. The van der Waals surface area contributed by atoms with Gasteiger partial charge in [-0.15, -0.1) is 0 Å². The Bertz CT molecular complexity index is 910. The zero-order valence-electron chi connectivity index (χ0n) is 17.8. The first-order valence-corrected chi connectivity index (χ1v) is 11.7. The maximum atomic E-state index is 12.4. The Kier molecular flexibility index (Phi) is 8.98. The summed E-state index contributed by atoms with van der Waals surface area (Å²) in [5.41, 5.74) is 0.956. The Morgan fingerprint density at radius 2 is 2.00 bits per heavy atom. The van der Waals surface area contributed by atoms with Gasteiger partial charge in [0.15, 0.2) is 0 Å². The molecule has 31 heavy (non-hydrogen) atoms. The number of nitrogens with one attached hydrogen (secondary N) is 1. The number of carbonyl (C=O) groups is 2. The minimum absolute atomic E-state index is 0.000379. The molecule has 0 saturated carbocycles. The van der Waals surface area contributed by atoms with Gasteiger partial charge in [-0.1, -0.05) is 17.7 Å². The van der Waals surface area contributed by atoms with Crippen LogP contribution in [0.1, 0.15) is 38.2 Å². The molecule has 2 aliphatic heterocycles. The molecule has 2 aliphatic rings. The van der Waals surface area contributed by atoms with E-state index < -0.39 is 10.1 Å². The van der Waals surface area contributed by atoms with Gasteiger partial charge in [0.1, 0.15) is 6.04 Å². The molecular weight excluding hydrogens is 422 g/mol. The van der Waals surface area contributed by atoms with Gasteiger partial charge in [-0.05, 0) is 57.7 Å². The molecule has 170 valence electrons. The van der Waals surface area contributed by atoms with E-state index in [1.54, 1.807) is 24.0 Å². The van der Waals surface area contributed by atoms with Crippen LogP contribution < -0.4 is 5.32 Å². The predicted molar refractivity (Wildman–Crippen MR) is 112 cm³/mol. The zero-order chi connectivity index (χ0) is 23.0. The number of hydrogen-bond donors (Lipinski definition) is 2. The van der Waals surface area contributed by atoms with Gasteiger partial charge in [0.05, 0.1) is 23.6 Å². The van der Waals surface area contributed by atoms with Crippen LogP contribution in [0.2, 0.25) is 0 Å². The van der Waals surface area contributed by atoms with E-state index in [2.05, 4.69) is 11.4 Å². The summed E-state index contributed by atoms with van der Waals surface area (Å²) >= 11 is 0. The first kappa shape index (κ1) is 24.8. The smallest absolute Gasteiger partial charge is 0.306 e. The number of likely N-dealkylation sites (tertiary alicyclic amines) is 1. The lowest BCUT2D eigenvalue weighted by Gasteiger charge is -2.23. The monoisotopic (exact) mass is 451 g/mol. The molecule has 0 bridgehead atoms. The number of nitrogens with zero attached hydrogens (tertiary/aromatic N) is 2. The van der Waals surface area contributed by atoms with Crippen molar-refractivity contribution in [2.45, 2.75) is 56.5 Å². The third-order valence-electron chi connectivity index (χ3n) is 5.28. The lowest BCUT2D eigenvalue weighted by molar-refractivity contribution is -0.144. The third-order valence-corrected chi connectivity index (χ3v) is 6.15. The fraction of sp³-hybridized carbons (Fsp3) is 0.571. The lowest BCUT2D eigenvalue weighted by atomic mass is 10.0. The van der Waals surface area contributed by atoms with E-state index in [0.29, 0.717) is 32.5 Å². The van der Waals surface area contributed by atoms with Crippen LogP contribution in [0.5, 0.6) is 0 Å². The van der Waals surface area contributed by atoms with Gasteiger partial charge < -0.3 is 15.0 Å². The van der Waals surface area contributed by atoms with Crippen molar-refractivity contribution >= 4 is 22.0 Å². The van der Waals surface area contributed by atoms with Gasteiger partial charge in [-0.3, -0.25) is 14.1 Å². The fourth-order valence-corrected chi connectivity index (χ4v) is 4.16. The number of ether oxygens (including phenoxy) is 1. The number of hydrogen-bond acceptors (Lipinski definition) is 7. The highest BCUT2D eigenvalue weighted by Crippen LogP contribution is 2.23. The molecule has 2 fully saturated rings. The summed E-state index contributed by atoms with van der Waals surface area (Å²) in [4.78, 5) is 25.4. The first-order chi connectivity index (χ1) is 14.7. The summed E-state index contributed by atoms with van der Waals surface area (Å²) in [5.74, 6) is -0.0602. The quantitative estimate of drug-likeness (QED) is 0.509. The molecule has 1 aromatic carbocycles. The highest BCUT2D eigenvalue weighted by molar-refractivity contribution is 7.85. The molecule has 2 N–H and O–H groups in total. The van der Waals surface area contributed by atoms with Crippen molar-refractivity contribution in [2.24, 2.45) is 5.92 Å². The average Bonchev–Trinajstić information content (AvgIpc) is 3.37. The number of nitriles is 1. The molecule has 0 aromatic heterocycles. The molecule has 10 heteroatoms. The van der Waals surface area contributed by atoms with Crippen LogP contribution in [0.25, 0.3) is 0 Å². The minimum Gasteiger partial charge on any atom is -0.466 e. The second-order valence-corrected chi connectivity index (χ2v) is 9.10. The van der Waals surface area contributed by atoms with E-state index in [1.807, 2.05) is 6.92 Å². The number of carbonyl (C=O) groups excluding carboxylic acids is 2. The zero-order valence-corrected chi connectivity index (χ0v) is 18.6. The minimum atomic E-state index is -4.02. The second-order valence-electron chi connectivity index (χ2n) is 7.68. The molecule has 2 saturated heterocycles. The van der Waals surface area contributed by atoms with E-state index >= 15 is 0 Å². The topological polar surface area (TPSA) is 137 Å². The molecule has 2 heterocycles. The normalized spacial score (nSPS) is 22.9. The van der Waals surface area contributed by atoms with Crippen LogP contribution >= 0.6 is 0 Å². The Labute approximate surface area is 183 Å². The fourth-order valence-electron chi connectivity index (χ4n) is 3.68. The van der Waals surface area contributed by atoms with Crippen LogP contribution in [-0.4, -0.2) is 61.5 Å². The van der Waals surface area contributed by atoms with Crippen LogP contribution in [0.15, 0.2) is 29.2 Å². The number of amides is 1. The Balaban J connectivity index is 0.000000262. The largest absolute Gasteiger partial charge is 0.466 e. The van der Waals surface area contributed by atoms with Crippen LogP contribution in [0.4, 0.5) is 0 Å². The SMILES string of the molecule is CCOC(=O)C[C@@H]1CN[C@H](C(=O)N2CCC[C@H]2C#N)C1.Cc1ccc(S(=O)(=O)O)cc1. The van der Waals surface area contributed by atoms with Crippen molar-refractivity contribution in [3.05, 3.63) is 29.8 Å². The van der Waals surface area contributed by atoms with Crippen molar-refractivity contribution in [1.29, 1.82) is 5.26 Å². The molecule has 0 spiro atoms. The van der Waals surface area contributed by atoms with E-state index in [0.717, 1.165) is 18.4 Å². The Morgan fingerprint density at radius 1 is 1.32 bits per heavy atom. The maximum Gasteiger partial charge on any atom is 0.306 e. The van der Waals surface area contributed by atoms with Gasteiger partial charge in [0, 0.05) is 13.0 Å². The molecule has 0 radical (unpaired) electrons. The summed E-state index contributed by atoms with van der Waals surface area (Å²) in [6.07, 6.45) is 2.66. The number of esters is 1. The average molecular weight is 452 g/mol. The predicted octanol–water partition coefficient (Wildman–Crippen LogP) is 1.67. The molecule has 0 unspecified atom stereocenters. The van der Waals surface area contributed by atoms with Crippen molar-refractivity contribution in [1.82, 2.24) is 10.2 Å². The van der Waals surface area contributed by atoms with E-state index in [4.69, 9.17) is 14.6 Å². The van der Waals surface area contributed by atoms with Gasteiger partial charge in [-0.25, -0.2) is 0 Å². The highest BCUT2D eigenvalue weighted by Gasteiger charge is 2.37. The number of rotatable bonds is 5. The molecule has 1 aromatic rings. The molecule has 0 aliphatic carbocycles. The lowest BCUT2D eigenvalue weighted by Crippen LogP contribution is -2.45. The Morgan fingerprint density at radius 3 is 2.58 bits per heavy atom. The van der Waals surface area contributed by atoms with E-state index in [9.17, 15) is 18.0 Å². The van der Waals surface area contributed by atoms with Crippen LogP contribution in [0.3, 0.4) is 0 Å². The second kappa shape index (κ2) is 11.2. The van der Waals surface area contributed by atoms with Gasteiger partial charge in [0.25, 0.3) is 10.1 Å². The molecule has 3 rings (SSSR count). The van der Waals surface area contributed by atoms with Crippen molar-refractivity contribution in [3.8, 4) is 6.07 Å². The van der Waals surface area contributed by atoms with E-state index in [1.165, 1.54) is 12.1 Å². The van der Waals surface area contributed by atoms with Crippen molar-refractivity contribution in [3.63, 3.8) is 0 Å². The van der Waals surface area contributed by atoms with Crippen molar-refractivity contribution < 1.29 is 27.3 Å². The van der Waals surface area contributed by atoms with Crippen molar-refractivity contribution in [2.75, 3.05) is 19.7 Å². The maximum absolute atomic E-state index is 12.4. The summed E-state index contributed by atoms with van der Waals surface area (Å²) < 4.78 is 34.5. The first-order valence-electron chi connectivity index (χ1n) is 10.3. The van der Waals surface area contributed by atoms with Gasteiger partial charge in [-0.2, -0.15) is 13.7 Å². The van der Waals surface area contributed by atoms with Gasteiger partial charge in [0.2, 0.25) is 5.91 Å². The molecule has 1 amide bonds. The summed E-state index contributed by atoms with van der Waals surface area (Å²) in [6, 6.07) is 7.62. The molecular formula is C21H29N3O6S. The summed E-state index contributed by atoms with van der Waals surface area (Å²) in [6.45, 7) is 5.33. The third kappa shape index (κ3) is 7.31. The van der Waals surface area contributed by atoms with Crippen LogP contribution in [0, 0.1) is 24.2 Å². The Hall–Kier alpha value is -2.48. The van der Waals surface area contributed by atoms with E-state index in [-0.39, 0.29) is 34.8 Å². The number of aryl methyl sites for hydroxylation is 1. The molecule has 3 atom stereocenters. The molecule has 9 nitrogen and oxygen atoms in total. The van der Waals surface area contributed by atoms with Gasteiger partial charge >= 0.3 is 5.97 Å². The highest BCUT2D eigenvalue weighted by atomic mass is 32.2. The number of benzene rings is 1.